The molecule has 4 nitrogen and oxygen atoms in total. The molecule has 2 aromatic carbocycles. The predicted molar refractivity (Wildman–Crippen MR) is 98.9 cm³/mol. The molecular formula is C20H16F7NO3S. The number of benzene rings is 2. The van der Waals surface area contributed by atoms with E-state index in [1.807, 2.05) is 0 Å². The topological polar surface area (TPSA) is 63.2 Å². The number of carbonyl (C=O) groups is 1. The minimum absolute atomic E-state index is 0.178. The van der Waals surface area contributed by atoms with Gasteiger partial charge in [-0.05, 0) is 55.2 Å². The summed E-state index contributed by atoms with van der Waals surface area (Å²) in [7, 11) is -4.01. The van der Waals surface area contributed by atoms with Crippen molar-refractivity contribution in [3.05, 3.63) is 65.0 Å². The van der Waals surface area contributed by atoms with Crippen LogP contribution in [0.1, 0.15) is 34.3 Å². The lowest BCUT2D eigenvalue weighted by Crippen LogP contribution is -2.46. The first-order valence-electron chi connectivity index (χ1n) is 9.24. The molecule has 32 heavy (non-hydrogen) atoms. The molecular weight excluding hydrogens is 467 g/mol. The lowest BCUT2D eigenvalue weighted by Gasteiger charge is -2.35. The van der Waals surface area contributed by atoms with E-state index in [9.17, 15) is 43.9 Å². The molecule has 0 saturated heterocycles. The van der Waals surface area contributed by atoms with Gasteiger partial charge >= 0.3 is 12.4 Å². The zero-order chi connectivity index (χ0) is 23.9. The van der Waals surface area contributed by atoms with Gasteiger partial charge in [0.15, 0.2) is 9.84 Å². The van der Waals surface area contributed by atoms with Crippen molar-refractivity contribution in [1.29, 1.82) is 0 Å². The van der Waals surface area contributed by atoms with Gasteiger partial charge in [0.25, 0.3) is 5.91 Å². The predicted octanol–water partition coefficient (Wildman–Crippen LogP) is 4.85. The largest absolute Gasteiger partial charge is 0.419 e. The summed E-state index contributed by atoms with van der Waals surface area (Å²) in [6.07, 6.45) is -9.31. The molecule has 0 heterocycles. The average Bonchev–Trinajstić information content (AvgIpc) is 2.65. The van der Waals surface area contributed by atoms with E-state index in [1.165, 1.54) is 0 Å². The number of amides is 1. The Kier molecular flexibility index (Phi) is 6.29. The molecule has 0 aliphatic heterocycles. The summed E-state index contributed by atoms with van der Waals surface area (Å²) in [6, 6.07) is 4.67. The molecule has 0 unspecified atom stereocenters. The summed E-state index contributed by atoms with van der Waals surface area (Å²) in [4.78, 5) is 11.7. The summed E-state index contributed by atoms with van der Waals surface area (Å²) in [5.74, 6) is -3.27. The molecule has 1 amide bonds. The quantitative estimate of drug-likeness (QED) is 0.619. The Morgan fingerprint density at radius 2 is 1.62 bits per heavy atom. The van der Waals surface area contributed by atoms with E-state index in [0.717, 1.165) is 24.3 Å². The first kappa shape index (κ1) is 24.0. The Bertz CT molecular complexity index is 1120. The molecule has 1 N–H and O–H groups in total. The molecule has 0 spiro atoms. The van der Waals surface area contributed by atoms with Crippen molar-refractivity contribution < 1.29 is 43.9 Å². The Labute approximate surface area is 178 Å². The van der Waals surface area contributed by atoms with Crippen LogP contribution < -0.4 is 5.32 Å². The lowest BCUT2D eigenvalue weighted by atomic mass is 9.81. The first-order valence-corrected chi connectivity index (χ1v) is 10.9. The van der Waals surface area contributed by atoms with Crippen LogP contribution in [0, 0.1) is 11.7 Å². The van der Waals surface area contributed by atoms with Crippen LogP contribution in [-0.4, -0.2) is 26.1 Å². The Balaban J connectivity index is 1.60. The maximum absolute atomic E-state index is 13.3. The van der Waals surface area contributed by atoms with Crippen molar-refractivity contribution in [3.63, 3.8) is 0 Å². The molecule has 1 fully saturated rings. The summed E-state index contributed by atoms with van der Waals surface area (Å²) in [6.45, 7) is 0. The normalized spacial score (nSPS) is 19.3. The van der Waals surface area contributed by atoms with E-state index < -0.39 is 73.2 Å². The van der Waals surface area contributed by atoms with Gasteiger partial charge in [0.2, 0.25) is 0 Å². The van der Waals surface area contributed by atoms with Crippen molar-refractivity contribution in [3.8, 4) is 0 Å². The SMILES string of the molecule is O=C(NC1CC(CS(=O)(=O)c2cccc(C(F)(F)F)c2)C1)c1ccc(F)c(C(F)(F)F)c1. The third-order valence-corrected chi connectivity index (χ3v) is 6.96. The minimum atomic E-state index is -4.97. The number of alkyl halides is 6. The lowest BCUT2D eigenvalue weighted by molar-refractivity contribution is -0.140. The zero-order valence-corrected chi connectivity index (χ0v) is 16.9. The van der Waals surface area contributed by atoms with Gasteiger partial charge in [-0.3, -0.25) is 4.79 Å². The second-order valence-corrected chi connectivity index (χ2v) is 9.54. The highest BCUT2D eigenvalue weighted by molar-refractivity contribution is 7.91. The average molecular weight is 483 g/mol. The number of hydrogen-bond acceptors (Lipinski definition) is 3. The number of nitrogens with one attached hydrogen (secondary N) is 1. The van der Waals surface area contributed by atoms with E-state index in [1.54, 1.807) is 0 Å². The number of rotatable bonds is 5. The maximum Gasteiger partial charge on any atom is 0.419 e. The van der Waals surface area contributed by atoms with Gasteiger partial charge in [0.05, 0.1) is 21.8 Å². The second kappa shape index (κ2) is 8.38. The zero-order valence-electron chi connectivity index (χ0n) is 16.1. The Morgan fingerprint density at radius 3 is 2.22 bits per heavy atom. The van der Waals surface area contributed by atoms with Crippen molar-refractivity contribution in [2.75, 3.05) is 5.75 Å². The van der Waals surface area contributed by atoms with Crippen molar-refractivity contribution >= 4 is 15.7 Å². The monoisotopic (exact) mass is 483 g/mol. The van der Waals surface area contributed by atoms with Crippen LogP contribution in [0.2, 0.25) is 0 Å². The third-order valence-electron chi connectivity index (χ3n) is 5.08. The fourth-order valence-corrected chi connectivity index (χ4v) is 5.09. The number of hydrogen-bond donors (Lipinski definition) is 1. The molecule has 3 rings (SSSR count). The van der Waals surface area contributed by atoms with Gasteiger partial charge in [-0.25, -0.2) is 12.8 Å². The van der Waals surface area contributed by atoms with Crippen LogP contribution in [0.3, 0.4) is 0 Å². The Hall–Kier alpha value is -2.63. The maximum atomic E-state index is 13.3. The third kappa shape index (κ3) is 5.40. The van der Waals surface area contributed by atoms with Crippen molar-refractivity contribution in [1.82, 2.24) is 5.32 Å². The van der Waals surface area contributed by atoms with Crippen molar-refractivity contribution in [2.24, 2.45) is 5.92 Å². The summed E-state index contributed by atoms with van der Waals surface area (Å²) >= 11 is 0. The van der Waals surface area contributed by atoms with Crippen LogP contribution in [0.15, 0.2) is 47.4 Å². The molecule has 0 bridgehead atoms. The van der Waals surface area contributed by atoms with E-state index in [-0.39, 0.29) is 12.8 Å². The van der Waals surface area contributed by atoms with Gasteiger partial charge in [-0.2, -0.15) is 26.3 Å². The van der Waals surface area contributed by atoms with Crippen LogP contribution in [0.4, 0.5) is 30.7 Å². The summed E-state index contributed by atoms with van der Waals surface area (Å²) < 4.78 is 115. The van der Waals surface area contributed by atoms with Gasteiger partial charge in [0.1, 0.15) is 5.82 Å². The Morgan fingerprint density at radius 1 is 0.969 bits per heavy atom. The van der Waals surface area contributed by atoms with E-state index >= 15 is 0 Å². The van der Waals surface area contributed by atoms with Crippen LogP contribution >= 0.6 is 0 Å². The molecule has 1 aliphatic carbocycles. The fourth-order valence-electron chi connectivity index (χ4n) is 3.41. The highest BCUT2D eigenvalue weighted by atomic mass is 32.2. The van der Waals surface area contributed by atoms with Gasteiger partial charge < -0.3 is 5.32 Å². The molecule has 0 radical (unpaired) electrons. The van der Waals surface area contributed by atoms with E-state index in [4.69, 9.17) is 0 Å². The van der Waals surface area contributed by atoms with Crippen LogP contribution in [-0.2, 0) is 22.2 Å². The highest BCUT2D eigenvalue weighted by Gasteiger charge is 2.37. The smallest absolute Gasteiger partial charge is 0.349 e. The standard InChI is InChI=1S/C20H16F7NO3S/c21-17-5-4-12(8-16(17)20(25,26)27)18(29)28-14-6-11(7-14)10-32(30,31)15-3-1-2-13(9-15)19(22,23)24/h1-5,8-9,11,14H,6-7,10H2,(H,28,29). The van der Waals surface area contributed by atoms with Gasteiger partial charge in [-0.1, -0.05) is 6.07 Å². The molecule has 1 saturated carbocycles. The van der Waals surface area contributed by atoms with Crippen LogP contribution in [0.5, 0.6) is 0 Å². The molecule has 2 aromatic rings. The van der Waals surface area contributed by atoms with Gasteiger partial charge in [-0.15, -0.1) is 0 Å². The van der Waals surface area contributed by atoms with Crippen LogP contribution in [0.25, 0.3) is 0 Å². The molecule has 12 heteroatoms. The molecule has 1 aliphatic rings. The number of carbonyl (C=O) groups excluding carboxylic acids is 1. The minimum Gasteiger partial charge on any atom is -0.349 e. The van der Waals surface area contributed by atoms with Crippen molar-refractivity contribution in [2.45, 2.75) is 36.1 Å². The molecule has 0 atom stereocenters. The summed E-state index contributed by atoms with van der Waals surface area (Å²) in [5, 5.41) is 2.44. The van der Waals surface area contributed by atoms with E-state index in [0.29, 0.717) is 18.2 Å². The van der Waals surface area contributed by atoms with E-state index in [2.05, 4.69) is 5.32 Å². The molecule has 174 valence electrons. The highest BCUT2D eigenvalue weighted by Crippen LogP contribution is 2.34. The number of sulfone groups is 1. The first-order chi connectivity index (χ1) is 14.7. The molecule has 0 aromatic heterocycles. The number of halogens is 7. The van der Waals surface area contributed by atoms with Gasteiger partial charge in [0, 0.05) is 11.6 Å². The second-order valence-electron chi connectivity index (χ2n) is 7.51. The summed E-state index contributed by atoms with van der Waals surface area (Å²) in [5.41, 5.74) is -3.07. The fraction of sp³-hybridized carbons (Fsp3) is 0.350.